The molecule has 0 aliphatic heterocycles. The Morgan fingerprint density at radius 2 is 1.61 bits per heavy atom. The summed E-state index contributed by atoms with van der Waals surface area (Å²) in [7, 11) is 0. The third kappa shape index (κ3) is 16.9. The van der Waals surface area contributed by atoms with Crippen LogP contribution in [0.25, 0.3) is 0 Å². The number of hydrogen-bond donors (Lipinski definition) is 0. The molecule has 0 atom stereocenters. The van der Waals surface area contributed by atoms with E-state index in [-0.39, 0.29) is 5.82 Å². The Balaban J connectivity index is 0. The van der Waals surface area contributed by atoms with Crippen molar-refractivity contribution in [1.82, 2.24) is 0 Å². The molecule has 0 N–H and O–H groups in total. The number of rotatable bonds is 1. The third-order valence-electron chi connectivity index (χ3n) is 1.58. The molecule has 0 bridgehead atoms. The van der Waals surface area contributed by atoms with E-state index in [0.717, 1.165) is 5.03 Å². The highest BCUT2D eigenvalue weighted by Crippen LogP contribution is 2.00. The quantitative estimate of drug-likeness (QED) is 0.461. The maximum Gasteiger partial charge on any atom is 0.123 e. The van der Waals surface area contributed by atoms with Crippen LogP contribution in [0.15, 0.2) is 53.6 Å². The first kappa shape index (κ1) is 18.8. The Morgan fingerprint density at radius 3 is 1.78 bits per heavy atom. The zero-order chi connectivity index (χ0) is 14.2. The van der Waals surface area contributed by atoms with E-state index in [0.29, 0.717) is 0 Å². The Morgan fingerprint density at radius 1 is 1.11 bits per heavy atom. The van der Waals surface area contributed by atoms with Gasteiger partial charge in [-0.15, -0.1) is 11.8 Å². The van der Waals surface area contributed by atoms with Gasteiger partial charge < -0.3 is 0 Å². The van der Waals surface area contributed by atoms with Crippen molar-refractivity contribution in [2.75, 3.05) is 0 Å². The van der Waals surface area contributed by atoms with Crippen molar-refractivity contribution in [3.63, 3.8) is 0 Å². The monoisotopic (exact) mass is 266 g/mol. The van der Waals surface area contributed by atoms with E-state index in [1.165, 1.54) is 12.1 Å². The predicted molar refractivity (Wildman–Crippen MR) is 79.9 cm³/mol. The van der Waals surface area contributed by atoms with E-state index in [4.69, 9.17) is 11.6 Å². The summed E-state index contributed by atoms with van der Waals surface area (Å²) >= 11 is 5.54. The van der Waals surface area contributed by atoms with E-state index in [1.54, 1.807) is 18.2 Å². The Hall–Kier alpha value is -1.52. The molecule has 0 spiro atoms. The van der Waals surface area contributed by atoms with Gasteiger partial charge >= 0.3 is 0 Å². The molecule has 1 aromatic rings. The number of halogens is 2. The fraction of sp³-hybridized carbons (Fsp3) is 0.250. The molecule has 1 aromatic carbocycles. The van der Waals surface area contributed by atoms with Gasteiger partial charge in [0.15, 0.2) is 0 Å². The smallest absolute Gasteiger partial charge is 0.123 e. The van der Waals surface area contributed by atoms with Crippen LogP contribution in [0.3, 0.4) is 0 Å². The van der Waals surface area contributed by atoms with Gasteiger partial charge in [-0.3, -0.25) is 0 Å². The molecule has 0 aromatic heterocycles. The molecule has 0 saturated heterocycles. The number of allylic oxidation sites excluding steroid dienone is 4. The Kier molecular flexibility index (Phi) is 16.2. The predicted octanol–water partition coefficient (Wildman–Crippen LogP) is 5.56. The van der Waals surface area contributed by atoms with Gasteiger partial charge in [-0.1, -0.05) is 42.0 Å². The second-order valence-electron chi connectivity index (χ2n) is 2.97. The van der Waals surface area contributed by atoms with Crippen LogP contribution in [0.5, 0.6) is 0 Å². The molecular weight excluding hydrogens is 247 g/mol. The highest BCUT2D eigenvalue weighted by Gasteiger charge is 1.77. The van der Waals surface area contributed by atoms with Crippen LogP contribution in [0.4, 0.5) is 4.39 Å². The summed E-state index contributed by atoms with van der Waals surface area (Å²) in [5.74, 6) is 5.18. The number of hydrogen-bond acceptors (Lipinski definition) is 0. The molecule has 0 nitrogen and oxygen atoms in total. The first-order valence-corrected chi connectivity index (χ1v) is 5.98. The van der Waals surface area contributed by atoms with E-state index in [9.17, 15) is 4.39 Å². The summed E-state index contributed by atoms with van der Waals surface area (Å²) in [4.78, 5) is 0. The first-order valence-electron chi connectivity index (χ1n) is 5.60. The minimum absolute atomic E-state index is 0.178. The van der Waals surface area contributed by atoms with Crippen molar-refractivity contribution in [2.24, 2.45) is 0 Å². The maximum atomic E-state index is 11.9. The van der Waals surface area contributed by atoms with Gasteiger partial charge in [0.05, 0.1) is 0 Å². The average Bonchev–Trinajstić information content (AvgIpc) is 2.41. The molecule has 98 valence electrons. The Labute approximate surface area is 115 Å². The molecule has 1 rings (SSSR count). The van der Waals surface area contributed by atoms with Gasteiger partial charge in [-0.05, 0) is 45.9 Å². The van der Waals surface area contributed by atoms with Gasteiger partial charge in [-0.25, -0.2) is 4.39 Å². The van der Waals surface area contributed by atoms with Crippen LogP contribution in [0.1, 0.15) is 27.7 Å². The molecule has 0 aliphatic carbocycles. The summed E-state index contributed by atoms with van der Waals surface area (Å²) in [5, 5.41) is 0.794. The molecule has 0 radical (unpaired) electrons. The standard InChI is InChI=1S/C6H9Cl.C6H5F.C4H6/c1-3-5-6(7)4-2;7-6-4-2-1-3-5-6;1-3-4-2/h3-5H,1-2H3;1-5H;1-2H3/b5-3-,6-4+;;. The Bertz CT molecular complexity index is 388. The van der Waals surface area contributed by atoms with Gasteiger partial charge in [-0.2, -0.15) is 0 Å². The van der Waals surface area contributed by atoms with Gasteiger partial charge in [0, 0.05) is 5.03 Å². The first-order chi connectivity index (χ1) is 8.62. The van der Waals surface area contributed by atoms with Gasteiger partial charge in [0.2, 0.25) is 0 Å². The molecule has 0 saturated carbocycles. The third-order valence-corrected chi connectivity index (χ3v) is 1.93. The molecule has 2 heteroatoms. The topological polar surface area (TPSA) is 0 Å². The minimum Gasteiger partial charge on any atom is -0.207 e. The summed E-state index contributed by atoms with van der Waals surface area (Å²) in [5.41, 5.74) is 0. The second-order valence-corrected chi connectivity index (χ2v) is 3.41. The molecule has 0 unspecified atom stereocenters. The van der Waals surface area contributed by atoms with Crippen molar-refractivity contribution in [3.05, 3.63) is 59.4 Å². The van der Waals surface area contributed by atoms with Gasteiger partial charge in [0.25, 0.3) is 0 Å². The van der Waals surface area contributed by atoms with Crippen LogP contribution >= 0.6 is 11.6 Å². The van der Waals surface area contributed by atoms with Crippen molar-refractivity contribution >= 4 is 11.6 Å². The minimum atomic E-state index is -0.178. The fourth-order valence-electron chi connectivity index (χ4n) is 0.670. The normalized spacial score (nSPS) is 9.33. The van der Waals surface area contributed by atoms with Crippen molar-refractivity contribution in [3.8, 4) is 11.8 Å². The number of benzene rings is 1. The fourth-order valence-corrected chi connectivity index (χ4v) is 0.796. The van der Waals surface area contributed by atoms with Crippen LogP contribution in [-0.2, 0) is 0 Å². The highest BCUT2D eigenvalue weighted by atomic mass is 35.5. The lowest BCUT2D eigenvalue weighted by Crippen LogP contribution is -1.63. The molecule has 18 heavy (non-hydrogen) atoms. The zero-order valence-electron chi connectivity index (χ0n) is 11.4. The van der Waals surface area contributed by atoms with E-state index in [1.807, 2.05) is 45.9 Å². The molecule has 0 fully saturated rings. The van der Waals surface area contributed by atoms with Crippen LogP contribution in [-0.4, -0.2) is 0 Å². The molecule has 0 heterocycles. The summed E-state index contributed by atoms with van der Waals surface area (Å²) in [6.45, 7) is 7.48. The lowest BCUT2D eigenvalue weighted by Gasteiger charge is -1.78. The summed E-state index contributed by atoms with van der Waals surface area (Å²) < 4.78 is 11.9. The molecular formula is C16H20ClF. The van der Waals surface area contributed by atoms with E-state index < -0.39 is 0 Å². The van der Waals surface area contributed by atoms with Crippen LogP contribution in [0.2, 0.25) is 0 Å². The lowest BCUT2D eigenvalue weighted by molar-refractivity contribution is 0.628. The van der Waals surface area contributed by atoms with Crippen molar-refractivity contribution in [2.45, 2.75) is 27.7 Å². The van der Waals surface area contributed by atoms with Crippen LogP contribution in [0, 0.1) is 17.7 Å². The maximum absolute atomic E-state index is 11.9. The summed E-state index contributed by atoms with van der Waals surface area (Å²) in [6.07, 6.45) is 5.60. The molecule has 0 aliphatic rings. The van der Waals surface area contributed by atoms with Gasteiger partial charge in [0.1, 0.15) is 5.82 Å². The molecule has 0 amide bonds. The van der Waals surface area contributed by atoms with Crippen molar-refractivity contribution < 1.29 is 4.39 Å². The van der Waals surface area contributed by atoms with Crippen molar-refractivity contribution in [1.29, 1.82) is 0 Å². The van der Waals surface area contributed by atoms with E-state index in [2.05, 4.69) is 11.8 Å². The zero-order valence-corrected chi connectivity index (χ0v) is 12.1. The second kappa shape index (κ2) is 15.5. The average molecular weight is 267 g/mol. The largest absolute Gasteiger partial charge is 0.207 e. The van der Waals surface area contributed by atoms with Crippen LogP contribution < -0.4 is 0 Å². The SMILES string of the molecule is C/C=C\C(Cl)=C/C.CC#CC.Fc1ccccc1. The lowest BCUT2D eigenvalue weighted by atomic mass is 10.4. The van der Waals surface area contributed by atoms with E-state index >= 15 is 0 Å². The highest BCUT2D eigenvalue weighted by molar-refractivity contribution is 6.31. The summed E-state index contributed by atoms with van der Waals surface area (Å²) in [6, 6.07) is 7.94.